The van der Waals surface area contributed by atoms with E-state index in [4.69, 9.17) is 15.3 Å². The van der Waals surface area contributed by atoms with Crippen LogP contribution in [0.25, 0.3) is 0 Å². The zero-order valence-corrected chi connectivity index (χ0v) is 16.3. The van der Waals surface area contributed by atoms with Crippen LogP contribution in [-0.4, -0.2) is 12.1 Å². The molecule has 0 bridgehead atoms. The monoisotopic (exact) mass is 366 g/mol. The van der Waals surface area contributed by atoms with Crippen molar-refractivity contribution in [2.24, 2.45) is 35.0 Å². The van der Waals surface area contributed by atoms with E-state index in [1.165, 1.54) is 44.1 Å². The van der Waals surface area contributed by atoms with Crippen LogP contribution in [0.4, 0.5) is 0 Å². The van der Waals surface area contributed by atoms with Crippen LogP contribution in [0.5, 0.6) is 0 Å². The molecule has 0 radical (unpaired) electrons. The number of rotatable bonds is 2. The van der Waals surface area contributed by atoms with Gasteiger partial charge in [-0.05, 0) is 92.8 Å². The first-order valence-corrected chi connectivity index (χ1v) is 10.7. The fraction of sp³-hybridized carbons (Fsp3) is 0.783. The number of carbonyl (C=O) groups is 1. The van der Waals surface area contributed by atoms with Gasteiger partial charge in [0.2, 0.25) is 0 Å². The number of hydrogen-bond acceptors (Lipinski definition) is 4. The molecule has 7 unspecified atom stereocenters. The average molecular weight is 367 g/mol. The molecule has 0 aliphatic heterocycles. The zero-order valence-electron chi connectivity index (χ0n) is 16.3. The molecule has 4 rings (SSSR count). The second kappa shape index (κ2) is 7.31. The lowest BCUT2D eigenvalue weighted by Crippen LogP contribution is -2.48. The number of nitriles is 2. The fourth-order valence-electron chi connectivity index (χ4n) is 7.34. The minimum atomic E-state index is -0.355. The SMILES string of the molecule is CC12CCC3C4CC(OC(=O)CC#N)CCC4CCC3C1CC/C2=C/C#N. The van der Waals surface area contributed by atoms with Crippen molar-refractivity contribution in [3.63, 3.8) is 0 Å². The standard InChI is InChI=1S/C23H30N2O2/c1-23-11-8-18-19(21(23)7-4-16(23)9-12-24)6-3-15-2-5-17(14-20(15)18)27-22(26)10-13-25/h9,15,17-21H,2-8,10-11,14H2,1H3/b16-9-. The minimum Gasteiger partial charge on any atom is -0.462 e. The van der Waals surface area contributed by atoms with Gasteiger partial charge in [-0.25, -0.2) is 0 Å². The van der Waals surface area contributed by atoms with Crippen LogP contribution in [-0.2, 0) is 9.53 Å². The molecule has 0 aromatic carbocycles. The Morgan fingerprint density at radius 2 is 1.96 bits per heavy atom. The van der Waals surface area contributed by atoms with Crippen LogP contribution in [0.2, 0.25) is 0 Å². The smallest absolute Gasteiger partial charge is 0.320 e. The Kier molecular flexibility index (Phi) is 5.02. The van der Waals surface area contributed by atoms with Crippen LogP contribution < -0.4 is 0 Å². The summed E-state index contributed by atoms with van der Waals surface area (Å²) in [7, 11) is 0. The van der Waals surface area contributed by atoms with Gasteiger partial charge in [0.15, 0.2) is 0 Å². The van der Waals surface area contributed by atoms with Gasteiger partial charge in [-0.15, -0.1) is 0 Å². The van der Waals surface area contributed by atoms with E-state index in [2.05, 4.69) is 13.0 Å². The Morgan fingerprint density at radius 1 is 1.15 bits per heavy atom. The van der Waals surface area contributed by atoms with Gasteiger partial charge < -0.3 is 4.74 Å². The van der Waals surface area contributed by atoms with Crippen molar-refractivity contribution in [2.45, 2.75) is 77.2 Å². The highest BCUT2D eigenvalue weighted by Gasteiger charge is 2.55. The Balaban J connectivity index is 1.49. The molecular weight excluding hydrogens is 336 g/mol. The number of nitrogens with zero attached hydrogens (tertiary/aromatic N) is 2. The summed E-state index contributed by atoms with van der Waals surface area (Å²) in [5.41, 5.74) is 1.62. The summed E-state index contributed by atoms with van der Waals surface area (Å²) in [5, 5.41) is 17.9. The van der Waals surface area contributed by atoms with Crippen molar-refractivity contribution < 1.29 is 9.53 Å². The molecule has 144 valence electrons. The van der Waals surface area contributed by atoms with Crippen LogP contribution in [0.3, 0.4) is 0 Å². The van der Waals surface area contributed by atoms with Gasteiger partial charge in [-0.3, -0.25) is 4.79 Å². The molecule has 4 fully saturated rings. The number of ether oxygens (including phenoxy) is 1. The predicted molar refractivity (Wildman–Crippen MR) is 101 cm³/mol. The summed E-state index contributed by atoms with van der Waals surface area (Å²) in [6, 6.07) is 4.19. The molecule has 7 atom stereocenters. The van der Waals surface area contributed by atoms with Gasteiger partial charge in [0.05, 0.1) is 12.1 Å². The number of allylic oxidation sites excluding steroid dienone is 2. The number of fused-ring (bicyclic) bond motifs is 5. The Labute approximate surface area is 162 Å². The lowest BCUT2D eigenvalue weighted by atomic mass is 9.50. The molecule has 0 saturated heterocycles. The van der Waals surface area contributed by atoms with Gasteiger partial charge in [0.1, 0.15) is 12.5 Å². The van der Waals surface area contributed by atoms with E-state index in [1.54, 1.807) is 0 Å². The molecule has 0 heterocycles. The Hall–Kier alpha value is -1.81. The maximum Gasteiger partial charge on any atom is 0.320 e. The van der Waals surface area contributed by atoms with Gasteiger partial charge in [0, 0.05) is 6.08 Å². The molecule has 4 aliphatic carbocycles. The fourth-order valence-corrected chi connectivity index (χ4v) is 7.34. The van der Waals surface area contributed by atoms with Gasteiger partial charge in [-0.1, -0.05) is 12.5 Å². The van der Waals surface area contributed by atoms with E-state index in [9.17, 15) is 4.79 Å². The molecular formula is C23H30N2O2. The maximum atomic E-state index is 11.8. The van der Waals surface area contributed by atoms with E-state index < -0.39 is 0 Å². The third-order valence-corrected chi connectivity index (χ3v) is 8.52. The second-order valence-corrected chi connectivity index (χ2v) is 9.49. The zero-order chi connectivity index (χ0) is 19.0. The van der Waals surface area contributed by atoms with E-state index in [1.807, 2.05) is 12.1 Å². The summed E-state index contributed by atoms with van der Waals surface area (Å²) in [4.78, 5) is 11.8. The molecule has 4 heteroatoms. The summed E-state index contributed by atoms with van der Waals surface area (Å²) in [5.74, 6) is 3.34. The van der Waals surface area contributed by atoms with Crippen molar-refractivity contribution in [3.8, 4) is 12.1 Å². The summed E-state index contributed by atoms with van der Waals surface area (Å²) >= 11 is 0. The van der Waals surface area contributed by atoms with E-state index in [0.717, 1.165) is 42.9 Å². The van der Waals surface area contributed by atoms with Crippen molar-refractivity contribution in [1.29, 1.82) is 10.5 Å². The third-order valence-electron chi connectivity index (χ3n) is 8.52. The van der Waals surface area contributed by atoms with E-state index >= 15 is 0 Å². The van der Waals surface area contributed by atoms with Crippen LogP contribution in [0, 0.1) is 57.7 Å². The largest absolute Gasteiger partial charge is 0.462 e. The van der Waals surface area contributed by atoms with Gasteiger partial charge in [0.25, 0.3) is 0 Å². The van der Waals surface area contributed by atoms with Gasteiger partial charge >= 0.3 is 5.97 Å². The van der Waals surface area contributed by atoms with E-state index in [-0.39, 0.29) is 23.9 Å². The maximum absolute atomic E-state index is 11.8. The Bertz CT molecular complexity index is 715. The van der Waals surface area contributed by atoms with Crippen molar-refractivity contribution in [1.82, 2.24) is 0 Å². The minimum absolute atomic E-state index is 0.0109. The third kappa shape index (κ3) is 3.18. The van der Waals surface area contributed by atoms with Crippen molar-refractivity contribution in [3.05, 3.63) is 11.6 Å². The van der Waals surface area contributed by atoms with Crippen LogP contribution in [0.15, 0.2) is 11.6 Å². The lowest BCUT2D eigenvalue weighted by molar-refractivity contribution is -0.153. The van der Waals surface area contributed by atoms with Crippen LogP contribution >= 0.6 is 0 Å². The summed E-state index contributed by atoms with van der Waals surface area (Å²) in [6.07, 6.45) is 12.3. The first-order valence-electron chi connectivity index (χ1n) is 10.7. The van der Waals surface area contributed by atoms with Crippen LogP contribution in [0.1, 0.15) is 71.1 Å². The van der Waals surface area contributed by atoms with E-state index in [0.29, 0.717) is 5.92 Å². The first kappa shape index (κ1) is 18.5. The number of esters is 1. The topological polar surface area (TPSA) is 73.9 Å². The van der Waals surface area contributed by atoms with Gasteiger partial charge in [-0.2, -0.15) is 10.5 Å². The normalized spacial score (nSPS) is 44.3. The molecule has 0 N–H and O–H groups in total. The van der Waals surface area contributed by atoms with Crippen molar-refractivity contribution in [2.75, 3.05) is 0 Å². The first-order chi connectivity index (χ1) is 13.1. The number of hydrogen-bond donors (Lipinski definition) is 0. The molecule has 27 heavy (non-hydrogen) atoms. The predicted octanol–water partition coefficient (Wildman–Crippen LogP) is 4.91. The summed E-state index contributed by atoms with van der Waals surface area (Å²) < 4.78 is 5.61. The quantitative estimate of drug-likeness (QED) is 0.514. The molecule has 4 nitrogen and oxygen atoms in total. The van der Waals surface area contributed by atoms with Crippen molar-refractivity contribution >= 4 is 5.97 Å². The highest BCUT2D eigenvalue weighted by Crippen LogP contribution is 2.64. The molecule has 0 amide bonds. The molecule has 4 saturated carbocycles. The molecule has 0 spiro atoms. The average Bonchev–Trinajstić information content (AvgIpc) is 2.98. The lowest BCUT2D eigenvalue weighted by Gasteiger charge is -2.55. The second-order valence-electron chi connectivity index (χ2n) is 9.49. The summed E-state index contributed by atoms with van der Waals surface area (Å²) in [6.45, 7) is 2.41. The number of carbonyl (C=O) groups excluding carboxylic acids is 1. The highest BCUT2D eigenvalue weighted by molar-refractivity contribution is 5.71. The molecule has 0 aromatic rings. The molecule has 4 aliphatic rings. The highest BCUT2D eigenvalue weighted by atomic mass is 16.5. The molecule has 0 aromatic heterocycles. The Morgan fingerprint density at radius 3 is 2.74 bits per heavy atom.